The topological polar surface area (TPSA) is 63.4 Å². The van der Waals surface area contributed by atoms with Gasteiger partial charge in [0, 0.05) is 54.0 Å². The number of carbonyl (C=O) groups excluding carboxylic acids is 2. The Morgan fingerprint density at radius 2 is 1.25 bits per heavy atom. The normalized spacial score (nSPS) is 24.4. The number of Topliss-reactive ketones (excluding diaryl/α,β-unsaturated/α-hetero) is 2. The molecule has 3 aliphatic rings. The SMILES string of the molecule is CN1C2=C(C(=O)CC(C)(C)C2)C(c2ccc(N)cc2)C2=C1CC(C)(C)CC2=O. The van der Waals surface area contributed by atoms with Crippen LogP contribution in [0, 0.1) is 10.8 Å². The Kier molecular flexibility index (Phi) is 4.11. The van der Waals surface area contributed by atoms with E-state index in [1.807, 2.05) is 31.3 Å². The molecule has 0 bridgehead atoms. The quantitative estimate of drug-likeness (QED) is 0.726. The van der Waals surface area contributed by atoms with E-state index in [1.54, 1.807) is 0 Å². The molecule has 28 heavy (non-hydrogen) atoms. The van der Waals surface area contributed by atoms with Gasteiger partial charge < -0.3 is 10.6 Å². The first-order valence-electron chi connectivity index (χ1n) is 10.1. The summed E-state index contributed by atoms with van der Waals surface area (Å²) >= 11 is 0. The summed E-state index contributed by atoms with van der Waals surface area (Å²) in [5, 5.41) is 0. The van der Waals surface area contributed by atoms with Gasteiger partial charge in [-0.3, -0.25) is 9.59 Å². The fraction of sp³-hybridized carbons (Fsp3) is 0.500. The van der Waals surface area contributed by atoms with Gasteiger partial charge in [0.05, 0.1) is 0 Å². The number of benzene rings is 1. The average molecular weight is 379 g/mol. The Balaban J connectivity index is 1.96. The highest BCUT2D eigenvalue weighted by atomic mass is 16.1. The van der Waals surface area contributed by atoms with Crippen molar-refractivity contribution in [3.05, 3.63) is 52.4 Å². The van der Waals surface area contributed by atoms with Crippen LogP contribution in [0.1, 0.15) is 64.9 Å². The summed E-state index contributed by atoms with van der Waals surface area (Å²) in [7, 11) is 2.03. The number of anilines is 1. The van der Waals surface area contributed by atoms with Crippen LogP contribution >= 0.6 is 0 Å². The van der Waals surface area contributed by atoms with Gasteiger partial charge in [-0.2, -0.15) is 0 Å². The van der Waals surface area contributed by atoms with E-state index in [9.17, 15) is 9.59 Å². The van der Waals surface area contributed by atoms with Crippen LogP contribution in [0.25, 0.3) is 0 Å². The van der Waals surface area contributed by atoms with Gasteiger partial charge in [0.1, 0.15) is 0 Å². The maximum absolute atomic E-state index is 13.3. The van der Waals surface area contributed by atoms with E-state index < -0.39 is 0 Å². The number of rotatable bonds is 1. The second-order valence-corrected chi connectivity index (χ2v) is 10.3. The highest BCUT2D eigenvalue weighted by molar-refractivity contribution is 6.06. The number of carbonyl (C=O) groups is 2. The molecule has 0 amide bonds. The molecule has 2 N–H and O–H groups in total. The van der Waals surface area contributed by atoms with E-state index in [2.05, 4.69) is 32.6 Å². The smallest absolute Gasteiger partial charge is 0.162 e. The molecule has 0 saturated heterocycles. The molecular formula is C24H30N2O2. The van der Waals surface area contributed by atoms with Crippen molar-refractivity contribution in [3.63, 3.8) is 0 Å². The van der Waals surface area contributed by atoms with Crippen LogP contribution in [0.2, 0.25) is 0 Å². The van der Waals surface area contributed by atoms with Crippen molar-refractivity contribution in [2.75, 3.05) is 12.8 Å². The summed E-state index contributed by atoms with van der Waals surface area (Å²) in [6, 6.07) is 7.67. The molecule has 0 spiro atoms. The Morgan fingerprint density at radius 1 is 0.821 bits per heavy atom. The van der Waals surface area contributed by atoms with Gasteiger partial charge in [-0.1, -0.05) is 39.8 Å². The van der Waals surface area contributed by atoms with E-state index in [4.69, 9.17) is 5.73 Å². The molecule has 0 fully saturated rings. The van der Waals surface area contributed by atoms with Gasteiger partial charge in [0.2, 0.25) is 0 Å². The zero-order valence-electron chi connectivity index (χ0n) is 17.6. The van der Waals surface area contributed by atoms with Crippen LogP contribution < -0.4 is 5.73 Å². The van der Waals surface area contributed by atoms with Crippen LogP contribution in [0.3, 0.4) is 0 Å². The number of nitrogens with zero attached hydrogens (tertiary/aromatic N) is 1. The third kappa shape index (κ3) is 2.99. The van der Waals surface area contributed by atoms with E-state index in [0.717, 1.165) is 40.9 Å². The highest BCUT2D eigenvalue weighted by Crippen LogP contribution is 2.53. The predicted octanol–water partition coefficient (Wildman–Crippen LogP) is 4.58. The molecule has 0 saturated carbocycles. The van der Waals surface area contributed by atoms with E-state index in [-0.39, 0.29) is 28.3 Å². The molecule has 0 aromatic heterocycles. The Hall–Kier alpha value is -2.36. The number of nitrogen functional groups attached to an aromatic ring is 1. The van der Waals surface area contributed by atoms with E-state index in [1.165, 1.54) is 0 Å². The van der Waals surface area contributed by atoms with Crippen molar-refractivity contribution < 1.29 is 9.59 Å². The molecule has 4 heteroatoms. The second-order valence-electron chi connectivity index (χ2n) is 10.3. The monoisotopic (exact) mass is 378 g/mol. The lowest BCUT2D eigenvalue weighted by Crippen LogP contribution is -2.43. The molecule has 1 heterocycles. The summed E-state index contributed by atoms with van der Waals surface area (Å²) in [6.07, 6.45) is 2.74. The summed E-state index contributed by atoms with van der Waals surface area (Å²) in [5.74, 6) is 0.0715. The van der Waals surface area contributed by atoms with E-state index in [0.29, 0.717) is 18.5 Å². The lowest BCUT2D eigenvalue weighted by atomic mass is 9.64. The Labute approximate surface area is 167 Å². The van der Waals surface area contributed by atoms with Crippen molar-refractivity contribution in [1.29, 1.82) is 0 Å². The molecule has 4 nitrogen and oxygen atoms in total. The molecule has 1 aromatic rings. The lowest BCUT2D eigenvalue weighted by molar-refractivity contribution is -0.119. The van der Waals surface area contributed by atoms with Crippen molar-refractivity contribution in [1.82, 2.24) is 4.90 Å². The summed E-state index contributed by atoms with van der Waals surface area (Å²) in [4.78, 5) is 28.8. The number of ketones is 2. The number of hydrogen-bond acceptors (Lipinski definition) is 4. The number of nitrogens with two attached hydrogens (primary N) is 1. The molecule has 1 aliphatic heterocycles. The van der Waals surface area contributed by atoms with Crippen LogP contribution in [0.15, 0.2) is 46.8 Å². The van der Waals surface area contributed by atoms with Crippen molar-refractivity contribution in [2.24, 2.45) is 10.8 Å². The first kappa shape index (κ1) is 19.0. The predicted molar refractivity (Wildman–Crippen MR) is 111 cm³/mol. The third-order valence-corrected chi connectivity index (χ3v) is 6.45. The maximum atomic E-state index is 13.3. The van der Waals surface area contributed by atoms with Gasteiger partial charge in [0.25, 0.3) is 0 Å². The van der Waals surface area contributed by atoms with Crippen LogP contribution in [-0.4, -0.2) is 23.5 Å². The minimum atomic E-state index is -0.269. The first-order chi connectivity index (χ1) is 13.0. The standard InChI is InChI=1S/C24H30N2O2/c1-23(2)10-16-21(18(27)12-23)20(14-6-8-15(25)9-7-14)22-17(26(16)5)11-24(3,4)13-19(22)28/h6-9,20H,10-13,25H2,1-5H3. The zero-order chi connectivity index (χ0) is 20.4. The van der Waals surface area contributed by atoms with Crippen molar-refractivity contribution in [3.8, 4) is 0 Å². The van der Waals surface area contributed by atoms with Gasteiger partial charge in [-0.05, 0) is 41.4 Å². The highest BCUT2D eigenvalue weighted by Gasteiger charge is 2.48. The number of hydrogen-bond donors (Lipinski definition) is 1. The van der Waals surface area contributed by atoms with Gasteiger partial charge in [-0.25, -0.2) is 0 Å². The van der Waals surface area contributed by atoms with Gasteiger partial charge in [0.15, 0.2) is 11.6 Å². The largest absolute Gasteiger partial charge is 0.399 e. The molecule has 1 aromatic carbocycles. The average Bonchev–Trinajstić information content (AvgIpc) is 2.56. The van der Waals surface area contributed by atoms with Crippen molar-refractivity contribution >= 4 is 17.3 Å². The molecule has 148 valence electrons. The summed E-state index contributed by atoms with van der Waals surface area (Å²) in [6.45, 7) is 8.61. The second kappa shape index (κ2) is 6.07. The third-order valence-electron chi connectivity index (χ3n) is 6.45. The molecule has 2 aliphatic carbocycles. The van der Waals surface area contributed by atoms with Crippen molar-refractivity contribution in [2.45, 2.75) is 59.3 Å². The minimum Gasteiger partial charge on any atom is -0.399 e. The Morgan fingerprint density at radius 3 is 1.68 bits per heavy atom. The fourth-order valence-corrected chi connectivity index (χ4v) is 5.19. The lowest BCUT2D eigenvalue weighted by Gasteiger charge is -2.47. The van der Waals surface area contributed by atoms with Crippen LogP contribution in [0.4, 0.5) is 5.69 Å². The maximum Gasteiger partial charge on any atom is 0.162 e. The van der Waals surface area contributed by atoms with Crippen LogP contribution in [-0.2, 0) is 9.59 Å². The summed E-state index contributed by atoms with van der Waals surface area (Å²) < 4.78 is 0. The first-order valence-corrected chi connectivity index (χ1v) is 10.1. The fourth-order valence-electron chi connectivity index (χ4n) is 5.19. The molecular weight excluding hydrogens is 348 g/mol. The Bertz CT molecular complexity index is 878. The molecule has 0 atom stereocenters. The molecule has 4 rings (SSSR count). The molecule has 0 unspecified atom stereocenters. The zero-order valence-corrected chi connectivity index (χ0v) is 17.6. The number of allylic oxidation sites excluding steroid dienone is 4. The van der Waals surface area contributed by atoms with E-state index >= 15 is 0 Å². The van der Waals surface area contributed by atoms with Crippen LogP contribution in [0.5, 0.6) is 0 Å². The molecule has 0 radical (unpaired) electrons. The summed E-state index contributed by atoms with van der Waals surface area (Å²) in [5.41, 5.74) is 11.3. The minimum absolute atomic E-state index is 0.0674. The van der Waals surface area contributed by atoms with Gasteiger partial charge in [-0.15, -0.1) is 0 Å². The van der Waals surface area contributed by atoms with Gasteiger partial charge >= 0.3 is 0 Å².